The standard InChI is InChI=1S/C7H8N2O/c1-5-2-9-6(3-8-5)7-4-10-7/h2-3,7H,4H2,1H3. The summed E-state index contributed by atoms with van der Waals surface area (Å²) in [5, 5.41) is 0. The van der Waals surface area contributed by atoms with E-state index >= 15 is 0 Å². The van der Waals surface area contributed by atoms with Gasteiger partial charge in [0.05, 0.1) is 24.2 Å². The van der Waals surface area contributed by atoms with Gasteiger partial charge in [-0.25, -0.2) is 0 Å². The fourth-order valence-electron chi connectivity index (χ4n) is 0.788. The molecule has 1 aromatic rings. The minimum absolute atomic E-state index is 0.230. The Balaban J connectivity index is 2.28. The summed E-state index contributed by atoms with van der Waals surface area (Å²) in [7, 11) is 0. The fourth-order valence-corrected chi connectivity index (χ4v) is 0.788. The molecule has 0 N–H and O–H groups in total. The van der Waals surface area contributed by atoms with Crippen LogP contribution in [-0.4, -0.2) is 16.6 Å². The molecule has 0 saturated carbocycles. The van der Waals surface area contributed by atoms with Gasteiger partial charge in [0.15, 0.2) is 0 Å². The first-order valence-electron chi connectivity index (χ1n) is 3.26. The van der Waals surface area contributed by atoms with Crippen LogP contribution in [0.5, 0.6) is 0 Å². The molecule has 1 unspecified atom stereocenters. The van der Waals surface area contributed by atoms with E-state index in [1.807, 2.05) is 6.92 Å². The summed E-state index contributed by atoms with van der Waals surface area (Å²) in [6.45, 7) is 2.72. The topological polar surface area (TPSA) is 38.3 Å². The van der Waals surface area contributed by atoms with Gasteiger partial charge in [0.2, 0.25) is 0 Å². The van der Waals surface area contributed by atoms with Crippen LogP contribution in [0.25, 0.3) is 0 Å². The molecule has 1 saturated heterocycles. The van der Waals surface area contributed by atoms with E-state index in [9.17, 15) is 0 Å². The zero-order valence-corrected chi connectivity index (χ0v) is 5.74. The number of nitrogens with zero attached hydrogens (tertiary/aromatic N) is 2. The van der Waals surface area contributed by atoms with E-state index in [2.05, 4.69) is 9.97 Å². The molecule has 2 rings (SSSR count). The molecule has 0 aromatic carbocycles. The highest BCUT2D eigenvalue weighted by Gasteiger charge is 2.26. The summed E-state index contributed by atoms with van der Waals surface area (Å²) in [5.74, 6) is 0. The van der Waals surface area contributed by atoms with Gasteiger partial charge >= 0.3 is 0 Å². The van der Waals surface area contributed by atoms with Crippen molar-refractivity contribution >= 4 is 0 Å². The van der Waals surface area contributed by atoms with Gasteiger partial charge < -0.3 is 4.74 Å². The number of hydrogen-bond acceptors (Lipinski definition) is 3. The number of aryl methyl sites for hydroxylation is 1. The van der Waals surface area contributed by atoms with Crippen LogP contribution >= 0.6 is 0 Å². The molecule has 0 spiro atoms. The van der Waals surface area contributed by atoms with E-state index in [1.54, 1.807) is 12.4 Å². The predicted octanol–water partition coefficient (Wildman–Crippen LogP) is 0.856. The van der Waals surface area contributed by atoms with Crippen molar-refractivity contribution in [3.63, 3.8) is 0 Å². The van der Waals surface area contributed by atoms with Crippen molar-refractivity contribution in [2.24, 2.45) is 0 Å². The smallest absolute Gasteiger partial charge is 0.124 e. The second-order valence-electron chi connectivity index (χ2n) is 2.40. The summed E-state index contributed by atoms with van der Waals surface area (Å²) < 4.78 is 5.03. The van der Waals surface area contributed by atoms with E-state index in [0.29, 0.717) is 0 Å². The van der Waals surface area contributed by atoms with E-state index in [-0.39, 0.29) is 6.10 Å². The molecule has 1 aliphatic rings. The summed E-state index contributed by atoms with van der Waals surface area (Å²) in [5.41, 5.74) is 1.90. The molecule has 0 amide bonds. The van der Waals surface area contributed by atoms with E-state index in [1.165, 1.54) is 0 Å². The van der Waals surface area contributed by atoms with Gasteiger partial charge in [0, 0.05) is 6.20 Å². The van der Waals surface area contributed by atoms with Gasteiger partial charge in [-0.3, -0.25) is 9.97 Å². The zero-order chi connectivity index (χ0) is 6.97. The number of aromatic nitrogens is 2. The van der Waals surface area contributed by atoms with Crippen molar-refractivity contribution < 1.29 is 4.74 Å². The highest BCUT2D eigenvalue weighted by Crippen LogP contribution is 2.26. The summed E-state index contributed by atoms with van der Waals surface area (Å²) in [4.78, 5) is 8.25. The molecule has 0 aliphatic carbocycles. The molecule has 52 valence electrons. The van der Waals surface area contributed by atoms with Crippen molar-refractivity contribution in [1.29, 1.82) is 0 Å². The second kappa shape index (κ2) is 2.02. The SMILES string of the molecule is Cc1cnc(C2CO2)cn1. The van der Waals surface area contributed by atoms with Crippen LogP contribution in [0.1, 0.15) is 17.5 Å². The van der Waals surface area contributed by atoms with Crippen molar-refractivity contribution in [2.75, 3.05) is 6.61 Å². The first-order valence-corrected chi connectivity index (χ1v) is 3.26. The van der Waals surface area contributed by atoms with Gasteiger partial charge in [0.25, 0.3) is 0 Å². The highest BCUT2D eigenvalue weighted by atomic mass is 16.6. The summed E-state index contributed by atoms with van der Waals surface area (Å²) in [6.07, 6.45) is 3.76. The number of epoxide rings is 1. The number of hydrogen-bond donors (Lipinski definition) is 0. The lowest BCUT2D eigenvalue weighted by molar-refractivity contribution is 0.410. The molecular weight excluding hydrogens is 128 g/mol. The average molecular weight is 136 g/mol. The van der Waals surface area contributed by atoms with E-state index < -0.39 is 0 Å². The van der Waals surface area contributed by atoms with Crippen LogP contribution in [0.2, 0.25) is 0 Å². The molecule has 2 heterocycles. The van der Waals surface area contributed by atoms with Crippen molar-refractivity contribution in [3.05, 3.63) is 23.8 Å². The van der Waals surface area contributed by atoms with Gasteiger partial charge in [0.1, 0.15) is 6.10 Å². The lowest BCUT2D eigenvalue weighted by Gasteiger charge is -1.92. The van der Waals surface area contributed by atoms with Gasteiger partial charge in [-0.2, -0.15) is 0 Å². The van der Waals surface area contributed by atoms with Crippen LogP contribution in [0.15, 0.2) is 12.4 Å². The van der Waals surface area contributed by atoms with Crippen molar-refractivity contribution in [2.45, 2.75) is 13.0 Å². The fraction of sp³-hybridized carbons (Fsp3) is 0.429. The number of rotatable bonds is 1. The van der Waals surface area contributed by atoms with Crippen LogP contribution in [0.3, 0.4) is 0 Å². The number of ether oxygens (including phenoxy) is 1. The Kier molecular flexibility index (Phi) is 1.17. The monoisotopic (exact) mass is 136 g/mol. The maximum absolute atomic E-state index is 5.03. The second-order valence-corrected chi connectivity index (χ2v) is 2.40. The van der Waals surface area contributed by atoms with Crippen LogP contribution in [0.4, 0.5) is 0 Å². The molecular formula is C7H8N2O. The normalized spacial score (nSPS) is 22.7. The minimum atomic E-state index is 0.230. The van der Waals surface area contributed by atoms with Crippen LogP contribution < -0.4 is 0 Å². The molecule has 3 heteroatoms. The summed E-state index contributed by atoms with van der Waals surface area (Å²) >= 11 is 0. The maximum Gasteiger partial charge on any atom is 0.124 e. The minimum Gasteiger partial charge on any atom is -0.366 e. The van der Waals surface area contributed by atoms with Gasteiger partial charge in [-0.05, 0) is 6.92 Å². The summed E-state index contributed by atoms with van der Waals surface area (Å²) in [6, 6.07) is 0. The third kappa shape index (κ3) is 0.998. The van der Waals surface area contributed by atoms with Crippen molar-refractivity contribution in [3.8, 4) is 0 Å². The molecule has 0 radical (unpaired) electrons. The third-order valence-corrected chi connectivity index (χ3v) is 1.46. The zero-order valence-electron chi connectivity index (χ0n) is 5.74. The lowest BCUT2D eigenvalue weighted by Crippen LogP contribution is -1.89. The Morgan fingerprint density at radius 3 is 2.80 bits per heavy atom. The molecule has 1 aromatic heterocycles. The highest BCUT2D eigenvalue weighted by molar-refractivity contribution is 5.07. The first kappa shape index (κ1) is 5.80. The molecule has 1 fully saturated rings. The van der Waals surface area contributed by atoms with Crippen molar-refractivity contribution in [1.82, 2.24) is 9.97 Å². The lowest BCUT2D eigenvalue weighted by atomic mass is 10.3. The van der Waals surface area contributed by atoms with Gasteiger partial charge in [-0.15, -0.1) is 0 Å². The van der Waals surface area contributed by atoms with E-state index in [4.69, 9.17) is 4.74 Å². The average Bonchev–Trinajstić information content (AvgIpc) is 2.71. The molecule has 1 aliphatic heterocycles. The Bertz CT molecular complexity index is 228. The predicted molar refractivity (Wildman–Crippen MR) is 35.5 cm³/mol. The quantitative estimate of drug-likeness (QED) is 0.537. The molecule has 10 heavy (non-hydrogen) atoms. The first-order chi connectivity index (χ1) is 4.86. The maximum atomic E-state index is 5.03. The Hall–Kier alpha value is -0.960. The third-order valence-electron chi connectivity index (χ3n) is 1.46. The molecule has 1 atom stereocenters. The Morgan fingerprint density at radius 1 is 1.50 bits per heavy atom. The molecule has 0 bridgehead atoms. The Morgan fingerprint density at radius 2 is 2.30 bits per heavy atom. The van der Waals surface area contributed by atoms with Crippen LogP contribution in [-0.2, 0) is 4.74 Å². The Labute approximate surface area is 59.1 Å². The van der Waals surface area contributed by atoms with Crippen LogP contribution in [0, 0.1) is 6.92 Å². The van der Waals surface area contributed by atoms with Gasteiger partial charge in [-0.1, -0.05) is 0 Å². The molecule has 3 nitrogen and oxygen atoms in total. The largest absolute Gasteiger partial charge is 0.366 e. The van der Waals surface area contributed by atoms with E-state index in [0.717, 1.165) is 18.0 Å².